The van der Waals surface area contributed by atoms with E-state index in [0.29, 0.717) is 37.9 Å². The normalized spacial score (nSPS) is 24.0. The van der Waals surface area contributed by atoms with Crippen molar-refractivity contribution < 1.29 is 9.59 Å². The topological polar surface area (TPSA) is 71.3 Å². The number of rotatable bonds is 4. The summed E-state index contributed by atoms with van der Waals surface area (Å²) in [6.45, 7) is 7.57. The molecule has 2 amide bonds. The molecule has 4 rings (SSSR count). The Hall–Kier alpha value is -1.92. The van der Waals surface area contributed by atoms with Gasteiger partial charge in [-0.3, -0.25) is 9.59 Å². The van der Waals surface area contributed by atoms with Crippen LogP contribution in [0.1, 0.15) is 50.7 Å². The van der Waals surface area contributed by atoms with E-state index in [1.54, 1.807) is 0 Å². The molecule has 3 aliphatic rings. The molecule has 1 saturated carbocycles. The molecule has 0 bridgehead atoms. The summed E-state index contributed by atoms with van der Waals surface area (Å²) in [6.07, 6.45) is 2.82. The molecule has 0 N–H and O–H groups in total. The molecule has 1 aliphatic carbocycles. The van der Waals surface area contributed by atoms with Gasteiger partial charge in [0.15, 0.2) is 5.82 Å². The first-order valence-electron chi connectivity index (χ1n) is 9.01. The van der Waals surface area contributed by atoms with Crippen LogP contribution in [0, 0.1) is 11.8 Å². The van der Waals surface area contributed by atoms with Crippen molar-refractivity contribution in [3.63, 3.8) is 0 Å². The monoisotopic (exact) mass is 331 g/mol. The minimum Gasteiger partial charge on any atom is -0.342 e. The Morgan fingerprint density at radius 2 is 2.04 bits per heavy atom. The van der Waals surface area contributed by atoms with E-state index in [2.05, 4.69) is 28.6 Å². The molecule has 2 aliphatic heterocycles. The zero-order chi connectivity index (χ0) is 16.8. The van der Waals surface area contributed by atoms with Crippen molar-refractivity contribution in [3.8, 4) is 0 Å². The van der Waals surface area contributed by atoms with E-state index < -0.39 is 0 Å². The van der Waals surface area contributed by atoms with E-state index in [0.717, 1.165) is 24.7 Å². The molecule has 3 heterocycles. The highest BCUT2D eigenvalue weighted by Crippen LogP contribution is 2.32. The maximum absolute atomic E-state index is 12.8. The average Bonchev–Trinajstić information content (AvgIpc) is 3.15. The SMILES string of the molecule is CC(C)c1nnc2n1CCN(C(=O)C1CC(=O)N(CC3CC3)C1)C2. The van der Waals surface area contributed by atoms with Gasteiger partial charge in [-0.2, -0.15) is 0 Å². The van der Waals surface area contributed by atoms with Crippen LogP contribution >= 0.6 is 0 Å². The molecule has 1 saturated heterocycles. The maximum atomic E-state index is 12.8. The zero-order valence-electron chi connectivity index (χ0n) is 14.4. The van der Waals surface area contributed by atoms with Gasteiger partial charge in [-0.05, 0) is 18.8 Å². The third kappa shape index (κ3) is 2.80. The minimum atomic E-state index is -0.185. The Balaban J connectivity index is 1.41. The lowest BCUT2D eigenvalue weighted by Crippen LogP contribution is -2.42. The van der Waals surface area contributed by atoms with Crippen molar-refractivity contribution in [1.29, 1.82) is 0 Å². The number of aromatic nitrogens is 3. The van der Waals surface area contributed by atoms with Crippen LogP contribution in [0.25, 0.3) is 0 Å². The summed E-state index contributed by atoms with van der Waals surface area (Å²) < 4.78 is 2.13. The van der Waals surface area contributed by atoms with Crippen molar-refractivity contribution in [3.05, 3.63) is 11.6 Å². The summed E-state index contributed by atoms with van der Waals surface area (Å²) in [7, 11) is 0. The lowest BCUT2D eigenvalue weighted by molar-refractivity contribution is -0.137. The van der Waals surface area contributed by atoms with E-state index in [-0.39, 0.29) is 17.7 Å². The molecule has 0 radical (unpaired) electrons. The lowest BCUT2D eigenvalue weighted by atomic mass is 10.1. The van der Waals surface area contributed by atoms with Crippen molar-refractivity contribution in [2.24, 2.45) is 11.8 Å². The summed E-state index contributed by atoms with van der Waals surface area (Å²) in [6, 6.07) is 0. The van der Waals surface area contributed by atoms with Crippen molar-refractivity contribution in [1.82, 2.24) is 24.6 Å². The highest BCUT2D eigenvalue weighted by molar-refractivity contribution is 5.89. The molecule has 7 nitrogen and oxygen atoms in total. The second-order valence-corrected chi connectivity index (χ2v) is 7.68. The summed E-state index contributed by atoms with van der Waals surface area (Å²) in [5.74, 6) is 2.91. The van der Waals surface area contributed by atoms with E-state index >= 15 is 0 Å². The van der Waals surface area contributed by atoms with Crippen LogP contribution in [-0.2, 0) is 22.7 Å². The van der Waals surface area contributed by atoms with Crippen LogP contribution in [0.5, 0.6) is 0 Å². The van der Waals surface area contributed by atoms with E-state index in [9.17, 15) is 9.59 Å². The Bertz CT molecular complexity index is 664. The van der Waals surface area contributed by atoms with Crippen LogP contribution in [0.2, 0.25) is 0 Å². The van der Waals surface area contributed by atoms with Gasteiger partial charge in [0, 0.05) is 38.5 Å². The Morgan fingerprint density at radius 3 is 2.75 bits per heavy atom. The molecular formula is C17H25N5O2. The number of fused-ring (bicyclic) bond motifs is 1. The van der Waals surface area contributed by atoms with Gasteiger partial charge in [0.25, 0.3) is 0 Å². The third-order valence-electron chi connectivity index (χ3n) is 5.35. The highest BCUT2D eigenvalue weighted by Gasteiger charge is 2.39. The fourth-order valence-electron chi connectivity index (χ4n) is 3.78. The number of amides is 2. The number of carbonyl (C=O) groups excluding carboxylic acids is 2. The van der Waals surface area contributed by atoms with Crippen LogP contribution in [0.3, 0.4) is 0 Å². The van der Waals surface area contributed by atoms with Gasteiger partial charge < -0.3 is 14.4 Å². The van der Waals surface area contributed by atoms with Crippen LogP contribution in [0.15, 0.2) is 0 Å². The molecule has 1 atom stereocenters. The van der Waals surface area contributed by atoms with Crippen molar-refractivity contribution >= 4 is 11.8 Å². The molecule has 1 aromatic heterocycles. The fraction of sp³-hybridized carbons (Fsp3) is 0.765. The van der Waals surface area contributed by atoms with Gasteiger partial charge in [0.05, 0.1) is 12.5 Å². The molecule has 130 valence electrons. The molecule has 0 aromatic carbocycles. The van der Waals surface area contributed by atoms with Gasteiger partial charge in [-0.15, -0.1) is 10.2 Å². The molecule has 1 unspecified atom stereocenters. The van der Waals surface area contributed by atoms with Gasteiger partial charge >= 0.3 is 0 Å². The Kier molecular flexibility index (Phi) is 3.81. The fourth-order valence-corrected chi connectivity index (χ4v) is 3.78. The molecule has 2 fully saturated rings. The summed E-state index contributed by atoms with van der Waals surface area (Å²) in [5, 5.41) is 8.52. The van der Waals surface area contributed by atoms with Crippen molar-refractivity contribution in [2.75, 3.05) is 19.6 Å². The second-order valence-electron chi connectivity index (χ2n) is 7.68. The summed E-state index contributed by atoms with van der Waals surface area (Å²) in [5.41, 5.74) is 0. The Labute approximate surface area is 142 Å². The largest absolute Gasteiger partial charge is 0.342 e. The van der Waals surface area contributed by atoms with Crippen LogP contribution in [-0.4, -0.2) is 56.0 Å². The number of hydrogen-bond donors (Lipinski definition) is 0. The Morgan fingerprint density at radius 1 is 1.25 bits per heavy atom. The van der Waals surface area contributed by atoms with Crippen molar-refractivity contribution in [2.45, 2.75) is 52.1 Å². The first-order valence-corrected chi connectivity index (χ1v) is 9.01. The number of carbonyl (C=O) groups is 2. The highest BCUT2D eigenvalue weighted by atomic mass is 16.2. The van der Waals surface area contributed by atoms with E-state index in [1.165, 1.54) is 12.8 Å². The lowest BCUT2D eigenvalue weighted by Gasteiger charge is -2.30. The molecule has 1 aromatic rings. The standard InChI is InChI=1S/C17H25N5O2/c1-11(2)16-19-18-14-10-20(5-6-22(14)16)17(24)13-7-15(23)21(9-13)8-12-3-4-12/h11-13H,3-10H2,1-2H3. The smallest absolute Gasteiger partial charge is 0.228 e. The third-order valence-corrected chi connectivity index (χ3v) is 5.35. The molecular weight excluding hydrogens is 306 g/mol. The number of hydrogen-bond acceptors (Lipinski definition) is 4. The van der Waals surface area contributed by atoms with Gasteiger partial charge in [-0.25, -0.2) is 0 Å². The van der Waals surface area contributed by atoms with Gasteiger partial charge in [0.1, 0.15) is 5.82 Å². The number of nitrogens with zero attached hydrogens (tertiary/aromatic N) is 5. The van der Waals surface area contributed by atoms with Gasteiger partial charge in [-0.1, -0.05) is 13.8 Å². The quantitative estimate of drug-likeness (QED) is 0.825. The first kappa shape index (κ1) is 15.6. The zero-order valence-corrected chi connectivity index (χ0v) is 14.4. The molecule has 7 heteroatoms. The predicted molar refractivity (Wildman–Crippen MR) is 86.9 cm³/mol. The molecule has 24 heavy (non-hydrogen) atoms. The summed E-state index contributed by atoms with van der Waals surface area (Å²) in [4.78, 5) is 28.7. The summed E-state index contributed by atoms with van der Waals surface area (Å²) >= 11 is 0. The van der Waals surface area contributed by atoms with E-state index in [1.807, 2.05) is 9.80 Å². The average molecular weight is 331 g/mol. The van der Waals surface area contributed by atoms with Gasteiger partial charge in [0.2, 0.25) is 11.8 Å². The maximum Gasteiger partial charge on any atom is 0.228 e. The van der Waals surface area contributed by atoms with Crippen LogP contribution < -0.4 is 0 Å². The van der Waals surface area contributed by atoms with Crippen LogP contribution in [0.4, 0.5) is 0 Å². The predicted octanol–water partition coefficient (Wildman–Crippen LogP) is 1.00. The minimum absolute atomic E-state index is 0.0991. The van der Waals surface area contributed by atoms with E-state index in [4.69, 9.17) is 0 Å². The number of likely N-dealkylation sites (tertiary alicyclic amines) is 1. The molecule has 0 spiro atoms. The second kappa shape index (κ2) is 5.86. The first-order chi connectivity index (χ1) is 11.5.